The van der Waals surface area contributed by atoms with Crippen molar-refractivity contribution in [1.82, 2.24) is 37.2 Å². The average molecular weight is 1380 g/mol. The Morgan fingerprint density at radius 2 is 1.16 bits per heavy atom. The summed E-state index contributed by atoms with van der Waals surface area (Å²) in [5.41, 5.74) is -3.40. The molecule has 7 aromatic carbocycles. The van der Waals surface area contributed by atoms with E-state index in [2.05, 4.69) is 37.2 Å². The molecule has 0 unspecified atom stereocenters. The third kappa shape index (κ3) is 14.3. The molecule has 0 spiro atoms. The SMILES string of the molecule is CC(C)(C)OC(=O)N[C@@H]1C(=O)N[C@@H]2Cc3ccc(c(Cl)c3)Oc3cc4cc(c3OCC#N)Oc3ccc(cc3Cl)[C@@H](O)[C@@H]3NC(=O)[C@H](NC(=O)[C@@H]4NC(=O)[C@@H](NC2=O)c2cc(O)cc(c2)Oc2cc1ccc2O)c1ccc(O)c(c1)-c1c(O)cc(O)cc1[C@@H](C(=O)OCC#N)NC3=O. The molecule has 29 nitrogen and oxygen atoms in total. The monoisotopic (exact) mass is 1380 g/mol. The van der Waals surface area contributed by atoms with Crippen molar-refractivity contribution in [3.8, 4) is 92.3 Å². The minimum absolute atomic E-state index is 0.0170. The molecule has 8 atom stereocenters. The van der Waals surface area contributed by atoms with Crippen LogP contribution in [0.3, 0.4) is 0 Å². The predicted molar refractivity (Wildman–Crippen MR) is 339 cm³/mol. The van der Waals surface area contributed by atoms with Gasteiger partial charge in [-0.1, -0.05) is 47.5 Å². The topological polar surface area (TPSA) is 445 Å². The summed E-state index contributed by atoms with van der Waals surface area (Å²) in [6.07, 6.45) is -3.71. The molecule has 502 valence electrons. The summed E-state index contributed by atoms with van der Waals surface area (Å²) in [5.74, 6) is -14.6. The first-order valence-corrected chi connectivity index (χ1v) is 30.3. The Hall–Kier alpha value is -12.2. The Kier molecular flexibility index (Phi) is 18.7. The molecule has 0 fully saturated rings. The smallest absolute Gasteiger partial charge is 0.408 e. The Morgan fingerprint density at radius 3 is 1.83 bits per heavy atom. The lowest BCUT2D eigenvalue weighted by molar-refractivity contribution is -0.147. The number of carbonyl (C=O) groups excluding carboxylic acids is 8. The number of nitrogens with one attached hydrogen (secondary N) is 7. The number of aliphatic hydroxyl groups excluding tert-OH is 1. The van der Waals surface area contributed by atoms with Gasteiger partial charge in [-0.2, -0.15) is 10.5 Å². The average Bonchev–Trinajstić information content (AvgIpc) is 0.770. The third-order valence-electron chi connectivity index (χ3n) is 15.6. The van der Waals surface area contributed by atoms with E-state index in [1.54, 1.807) is 26.8 Å². The van der Waals surface area contributed by atoms with Gasteiger partial charge in [-0.15, -0.1) is 0 Å². The van der Waals surface area contributed by atoms with E-state index in [1.165, 1.54) is 48.5 Å². The second-order valence-corrected chi connectivity index (χ2v) is 24.4. The van der Waals surface area contributed by atoms with Crippen molar-refractivity contribution in [2.75, 3.05) is 13.2 Å². The van der Waals surface area contributed by atoms with Crippen LogP contribution in [0.5, 0.6) is 69.0 Å². The summed E-state index contributed by atoms with van der Waals surface area (Å²) in [7, 11) is 0. The number of esters is 1. The van der Waals surface area contributed by atoms with Gasteiger partial charge in [-0.3, -0.25) is 28.8 Å². The summed E-state index contributed by atoms with van der Waals surface area (Å²) < 4.78 is 35.6. The first kappa shape index (κ1) is 67.2. The van der Waals surface area contributed by atoms with Gasteiger partial charge in [-0.25, -0.2) is 9.59 Å². The number of nitriles is 2. The van der Waals surface area contributed by atoms with E-state index in [4.69, 9.17) is 51.6 Å². The zero-order valence-corrected chi connectivity index (χ0v) is 52.8. The minimum atomic E-state index is -2.24. The number of phenols is 5. The maximum Gasteiger partial charge on any atom is 0.408 e. The van der Waals surface area contributed by atoms with Gasteiger partial charge >= 0.3 is 12.1 Å². The standard InChI is InChI=1S/C67H55Cl2N9O20/c1-67(2,3)98-66(92)78-52-30-6-9-43(82)47(22-30)95-36-19-32(18-34(79)25-36)53-62(88)75-54-33-23-48(96-45-10-4-28(16-39(45)68)17-41(59(85)73-53)72-60(52)86)58(93-14-12-70)49(24-33)97-46-11-7-31(21-40(46)69)57(84)56-64(90)76-55(65(91)94-15-13-71)38-26-35(80)27-44(83)50(38)37-20-29(5-8-42(37)81)51(61(87)77-56)74-63(54)89/h4-11,16,18-27,41,51-57,79-84H,14-15,17H2,1-3H3,(H,72,86)(H,73,85)(H,74,89)(H,75,88)(H,76,90)(H,77,87)(H,78,92)/t41-,51-,52+,53+,54-,55+,56+,57-/m1/s1. The van der Waals surface area contributed by atoms with Crippen molar-refractivity contribution < 1.29 is 97.4 Å². The van der Waals surface area contributed by atoms with Gasteiger partial charge in [0.25, 0.3) is 0 Å². The van der Waals surface area contributed by atoms with Gasteiger partial charge in [0.05, 0.1) is 10.0 Å². The van der Waals surface area contributed by atoms with Gasteiger partial charge in [-0.05, 0) is 133 Å². The van der Waals surface area contributed by atoms with Crippen LogP contribution in [-0.4, -0.2) is 109 Å². The van der Waals surface area contributed by atoms with Gasteiger partial charge in [0.15, 0.2) is 42.3 Å². The third-order valence-corrected chi connectivity index (χ3v) is 16.2. The number of phenolic OH excluding ortho intramolecular Hbond substituents is 5. The number of benzene rings is 7. The number of hydrogen-bond donors (Lipinski definition) is 13. The molecular formula is C67H55Cl2N9O20. The van der Waals surface area contributed by atoms with Crippen LogP contribution in [-0.2, 0) is 49.5 Å². The van der Waals surface area contributed by atoms with Crippen LogP contribution in [0.25, 0.3) is 11.1 Å². The highest BCUT2D eigenvalue weighted by atomic mass is 35.5. The molecular weight excluding hydrogens is 1320 g/mol. The van der Waals surface area contributed by atoms with Crippen molar-refractivity contribution in [2.45, 2.75) is 81.2 Å². The van der Waals surface area contributed by atoms with Crippen LogP contribution in [0, 0.1) is 22.7 Å². The number of rotatable bonds is 5. The molecule has 0 aliphatic carbocycles. The Balaban J connectivity index is 1.15. The second kappa shape index (κ2) is 27.3. The number of ether oxygens (including phenoxy) is 6. The van der Waals surface area contributed by atoms with Crippen LogP contribution in [0.4, 0.5) is 4.79 Å². The second-order valence-electron chi connectivity index (χ2n) is 23.6. The largest absolute Gasteiger partial charge is 0.508 e. The molecule has 31 heteroatoms. The number of nitrogens with zero attached hydrogens (tertiary/aromatic N) is 2. The van der Waals surface area contributed by atoms with E-state index in [0.29, 0.717) is 0 Å². The summed E-state index contributed by atoms with van der Waals surface area (Å²) in [6, 6.07) is 10.9. The van der Waals surface area contributed by atoms with E-state index in [-0.39, 0.29) is 77.9 Å². The normalized spacial score (nSPS) is 20.5. The quantitative estimate of drug-likeness (QED) is 0.0794. The fraction of sp³-hybridized carbons (Fsp3) is 0.224. The molecule has 6 aliphatic rings. The molecule has 0 aromatic heterocycles. The lowest BCUT2D eigenvalue weighted by Gasteiger charge is -2.31. The highest BCUT2D eigenvalue weighted by molar-refractivity contribution is 6.32. The van der Waals surface area contributed by atoms with Crippen LogP contribution in [0.2, 0.25) is 10.0 Å². The maximum atomic E-state index is 16.0. The summed E-state index contributed by atoms with van der Waals surface area (Å²) in [6.45, 7) is 3.10. The highest BCUT2D eigenvalue weighted by Crippen LogP contribution is 2.49. The van der Waals surface area contributed by atoms with E-state index >= 15 is 19.2 Å². The number of aliphatic hydroxyl groups is 1. The Labute approximate surface area is 564 Å². The Morgan fingerprint density at radius 1 is 0.571 bits per heavy atom. The molecule has 98 heavy (non-hydrogen) atoms. The molecule has 17 bridgehead atoms. The molecule has 13 rings (SSSR count). The lowest BCUT2D eigenvalue weighted by Crippen LogP contribution is -2.55. The number of aromatic hydroxyl groups is 5. The zero-order chi connectivity index (χ0) is 70.2. The van der Waals surface area contributed by atoms with Crippen molar-refractivity contribution >= 4 is 70.7 Å². The van der Waals surface area contributed by atoms with Crippen molar-refractivity contribution in [3.63, 3.8) is 0 Å². The number of alkyl carbamates (subject to hydrolysis) is 1. The molecule has 7 aromatic rings. The minimum Gasteiger partial charge on any atom is -0.508 e. The van der Waals surface area contributed by atoms with Crippen molar-refractivity contribution in [1.29, 1.82) is 10.5 Å². The number of halogens is 2. The number of amides is 7. The number of fused-ring (bicyclic) bond motifs is 14. The van der Waals surface area contributed by atoms with Crippen LogP contribution >= 0.6 is 23.2 Å². The van der Waals surface area contributed by atoms with Gasteiger partial charge in [0.2, 0.25) is 41.2 Å². The number of hydrogen-bond acceptors (Lipinski definition) is 22. The molecule has 0 saturated carbocycles. The summed E-state index contributed by atoms with van der Waals surface area (Å²) >= 11 is 14.0. The zero-order valence-electron chi connectivity index (χ0n) is 51.3. The summed E-state index contributed by atoms with van der Waals surface area (Å²) in [4.78, 5) is 120. The predicted octanol–water partition coefficient (Wildman–Crippen LogP) is 6.73. The fourth-order valence-corrected chi connectivity index (χ4v) is 11.7. The molecule has 6 heterocycles. The van der Waals surface area contributed by atoms with E-state index in [1.807, 2.05) is 6.07 Å². The molecule has 0 radical (unpaired) electrons. The maximum absolute atomic E-state index is 16.0. The first-order valence-electron chi connectivity index (χ1n) is 29.5. The van der Waals surface area contributed by atoms with Crippen LogP contribution < -0.4 is 56.2 Å². The fourth-order valence-electron chi connectivity index (χ4n) is 11.2. The van der Waals surface area contributed by atoms with Gasteiger partial charge < -0.3 is 96.3 Å². The van der Waals surface area contributed by atoms with Gasteiger partial charge in [0.1, 0.15) is 100 Å². The lowest BCUT2D eigenvalue weighted by atomic mass is 9.89. The van der Waals surface area contributed by atoms with E-state index in [0.717, 1.165) is 66.7 Å². The van der Waals surface area contributed by atoms with E-state index < -0.39 is 172 Å². The van der Waals surface area contributed by atoms with Crippen molar-refractivity contribution in [3.05, 3.63) is 164 Å². The summed E-state index contributed by atoms with van der Waals surface area (Å²) in [5, 5.41) is 106. The van der Waals surface area contributed by atoms with Crippen LogP contribution in [0.1, 0.15) is 96.0 Å². The number of carbonyl (C=O) groups is 8. The van der Waals surface area contributed by atoms with Gasteiger partial charge in [0, 0.05) is 35.2 Å². The molecule has 6 aliphatic heterocycles. The van der Waals surface area contributed by atoms with Crippen LogP contribution in [0.15, 0.2) is 115 Å². The molecule has 13 N–H and O–H groups in total. The molecule has 0 saturated heterocycles. The first-order chi connectivity index (χ1) is 46.6. The molecule has 7 amide bonds. The van der Waals surface area contributed by atoms with E-state index in [9.17, 15) is 60.3 Å². The van der Waals surface area contributed by atoms with Crippen molar-refractivity contribution in [2.24, 2.45) is 0 Å². The highest BCUT2D eigenvalue weighted by Gasteiger charge is 2.42. The Bertz CT molecular complexity index is 4590.